The van der Waals surface area contributed by atoms with Crippen LogP contribution in [-0.2, 0) is 0 Å². The first kappa shape index (κ1) is 11.8. The Morgan fingerprint density at radius 3 is 2.29 bits per heavy atom. The van der Waals surface area contributed by atoms with Gasteiger partial charge in [-0.3, -0.25) is 0 Å². The van der Waals surface area contributed by atoms with Crippen LogP contribution in [0.25, 0.3) is 0 Å². The zero-order chi connectivity index (χ0) is 10.4. The predicted molar refractivity (Wildman–Crippen MR) is 63.2 cm³/mol. The second-order valence-electron chi connectivity index (χ2n) is 4.97. The van der Waals surface area contributed by atoms with Gasteiger partial charge in [0, 0.05) is 0 Å². The minimum absolute atomic E-state index is 0.826. The van der Waals surface area contributed by atoms with Gasteiger partial charge < -0.3 is 5.73 Å². The molecule has 0 aromatic rings. The Labute approximate surface area is 88.8 Å². The van der Waals surface area contributed by atoms with E-state index in [9.17, 15) is 0 Å². The highest BCUT2D eigenvalue weighted by atomic mass is 14.5. The molecule has 14 heavy (non-hydrogen) atoms. The molecule has 0 atom stereocenters. The molecule has 0 amide bonds. The van der Waals surface area contributed by atoms with E-state index in [2.05, 4.69) is 13.5 Å². The number of nitrogens with two attached hydrogens (primary N) is 1. The molecule has 0 aliphatic heterocycles. The van der Waals surface area contributed by atoms with E-state index in [-0.39, 0.29) is 0 Å². The first-order valence-electron chi connectivity index (χ1n) is 6.06. The van der Waals surface area contributed by atoms with Crippen molar-refractivity contribution in [1.82, 2.24) is 0 Å². The molecule has 1 fully saturated rings. The normalized spacial score (nSPS) is 27.6. The van der Waals surface area contributed by atoms with Crippen LogP contribution in [0.4, 0.5) is 0 Å². The zero-order valence-corrected chi connectivity index (χ0v) is 9.60. The molecular weight excluding hydrogens is 170 g/mol. The molecule has 0 unspecified atom stereocenters. The van der Waals surface area contributed by atoms with Crippen LogP contribution in [0.5, 0.6) is 0 Å². The van der Waals surface area contributed by atoms with Gasteiger partial charge in [0.05, 0.1) is 0 Å². The van der Waals surface area contributed by atoms with E-state index in [1.54, 1.807) is 0 Å². The molecule has 0 radical (unpaired) electrons. The third kappa shape index (κ3) is 4.28. The van der Waals surface area contributed by atoms with E-state index < -0.39 is 0 Å². The summed E-state index contributed by atoms with van der Waals surface area (Å²) in [5.41, 5.74) is 7.01. The summed E-state index contributed by atoms with van der Waals surface area (Å²) in [6, 6.07) is 0. The molecule has 1 aliphatic rings. The average Bonchev–Trinajstić information content (AvgIpc) is 2.18. The van der Waals surface area contributed by atoms with E-state index in [0.29, 0.717) is 0 Å². The van der Waals surface area contributed by atoms with Gasteiger partial charge >= 0.3 is 0 Å². The molecule has 0 heterocycles. The predicted octanol–water partition coefficient (Wildman–Crippen LogP) is 3.50. The van der Waals surface area contributed by atoms with Crippen molar-refractivity contribution in [2.24, 2.45) is 17.6 Å². The molecule has 0 aromatic carbocycles. The largest absolute Gasteiger partial charge is 0.330 e. The van der Waals surface area contributed by atoms with Crippen LogP contribution in [0.3, 0.4) is 0 Å². The van der Waals surface area contributed by atoms with Gasteiger partial charge in [0.15, 0.2) is 0 Å². The highest BCUT2D eigenvalue weighted by Crippen LogP contribution is 2.31. The van der Waals surface area contributed by atoms with Crippen LogP contribution in [-0.4, -0.2) is 6.54 Å². The quantitative estimate of drug-likeness (QED) is 0.668. The van der Waals surface area contributed by atoms with Gasteiger partial charge in [-0.1, -0.05) is 24.8 Å². The van der Waals surface area contributed by atoms with Crippen molar-refractivity contribution in [1.29, 1.82) is 0 Å². The van der Waals surface area contributed by atoms with Crippen LogP contribution in [0.2, 0.25) is 0 Å². The van der Waals surface area contributed by atoms with E-state index in [4.69, 9.17) is 5.73 Å². The molecule has 0 spiro atoms. The molecule has 1 rings (SSSR count). The van der Waals surface area contributed by atoms with Crippen LogP contribution in [0.15, 0.2) is 12.2 Å². The maximum atomic E-state index is 5.68. The lowest BCUT2D eigenvalue weighted by molar-refractivity contribution is 0.264. The molecule has 1 nitrogen and oxygen atoms in total. The van der Waals surface area contributed by atoms with Gasteiger partial charge in [0.25, 0.3) is 0 Å². The smallest absolute Gasteiger partial charge is 0.00489 e. The Balaban J connectivity index is 2.07. The van der Waals surface area contributed by atoms with Crippen molar-refractivity contribution in [3.8, 4) is 0 Å². The topological polar surface area (TPSA) is 26.0 Å². The molecule has 0 aromatic heterocycles. The fraction of sp³-hybridized carbons (Fsp3) is 0.846. The molecule has 1 heteroatoms. The van der Waals surface area contributed by atoms with Crippen molar-refractivity contribution < 1.29 is 0 Å². The lowest BCUT2D eigenvalue weighted by atomic mass is 9.80. The van der Waals surface area contributed by atoms with Crippen molar-refractivity contribution in [2.45, 2.75) is 51.9 Å². The van der Waals surface area contributed by atoms with Gasteiger partial charge in [0.2, 0.25) is 0 Å². The zero-order valence-electron chi connectivity index (χ0n) is 9.60. The van der Waals surface area contributed by atoms with Gasteiger partial charge in [-0.2, -0.15) is 0 Å². The molecule has 0 bridgehead atoms. The van der Waals surface area contributed by atoms with Crippen LogP contribution >= 0.6 is 0 Å². The van der Waals surface area contributed by atoms with Crippen molar-refractivity contribution >= 4 is 0 Å². The fourth-order valence-electron chi connectivity index (χ4n) is 2.45. The molecule has 1 saturated carbocycles. The second-order valence-corrected chi connectivity index (χ2v) is 4.97. The monoisotopic (exact) mass is 195 g/mol. The van der Waals surface area contributed by atoms with E-state index in [0.717, 1.165) is 18.4 Å². The van der Waals surface area contributed by atoms with Crippen molar-refractivity contribution in [3.63, 3.8) is 0 Å². The Hall–Kier alpha value is -0.300. The number of allylic oxidation sites excluding steroid dienone is 1. The number of hydrogen-bond donors (Lipinski definition) is 1. The average molecular weight is 195 g/mol. The SMILES string of the molecule is C=C(C)CCCC1CCC(CN)CC1. The Bertz CT molecular complexity index is 166. The van der Waals surface area contributed by atoms with Gasteiger partial charge in [-0.25, -0.2) is 0 Å². The molecule has 1 aliphatic carbocycles. The van der Waals surface area contributed by atoms with Crippen LogP contribution in [0.1, 0.15) is 51.9 Å². The Morgan fingerprint density at radius 2 is 1.79 bits per heavy atom. The van der Waals surface area contributed by atoms with Crippen LogP contribution < -0.4 is 5.73 Å². The minimum Gasteiger partial charge on any atom is -0.330 e. The first-order chi connectivity index (χ1) is 6.72. The van der Waals surface area contributed by atoms with Gasteiger partial charge in [0.1, 0.15) is 0 Å². The fourth-order valence-corrected chi connectivity index (χ4v) is 2.45. The second kappa shape index (κ2) is 6.23. The highest BCUT2D eigenvalue weighted by Gasteiger charge is 2.19. The molecule has 82 valence electrons. The Kier molecular flexibility index (Phi) is 5.24. The summed E-state index contributed by atoms with van der Waals surface area (Å²) in [6.45, 7) is 6.98. The first-order valence-corrected chi connectivity index (χ1v) is 6.06. The number of rotatable bonds is 5. The summed E-state index contributed by atoms with van der Waals surface area (Å²) in [7, 11) is 0. The summed E-state index contributed by atoms with van der Waals surface area (Å²) in [5, 5.41) is 0. The Morgan fingerprint density at radius 1 is 1.21 bits per heavy atom. The van der Waals surface area contributed by atoms with E-state index in [1.807, 2.05) is 0 Å². The number of hydrogen-bond acceptors (Lipinski definition) is 1. The maximum absolute atomic E-state index is 5.68. The summed E-state index contributed by atoms with van der Waals surface area (Å²) in [5.74, 6) is 1.81. The maximum Gasteiger partial charge on any atom is -0.00489 e. The summed E-state index contributed by atoms with van der Waals surface area (Å²) in [4.78, 5) is 0. The lowest BCUT2D eigenvalue weighted by Crippen LogP contribution is -2.21. The molecule has 2 N–H and O–H groups in total. The lowest BCUT2D eigenvalue weighted by Gasteiger charge is -2.27. The van der Waals surface area contributed by atoms with Crippen molar-refractivity contribution in [2.75, 3.05) is 6.54 Å². The molecule has 0 saturated heterocycles. The highest BCUT2D eigenvalue weighted by molar-refractivity contribution is 4.87. The van der Waals surface area contributed by atoms with Crippen molar-refractivity contribution in [3.05, 3.63) is 12.2 Å². The van der Waals surface area contributed by atoms with Gasteiger partial charge in [-0.15, -0.1) is 6.58 Å². The minimum atomic E-state index is 0.826. The summed E-state index contributed by atoms with van der Waals surface area (Å²) in [6.07, 6.45) is 9.53. The molecular formula is C13H25N. The summed E-state index contributed by atoms with van der Waals surface area (Å²) < 4.78 is 0. The third-order valence-electron chi connectivity index (χ3n) is 3.52. The van der Waals surface area contributed by atoms with E-state index >= 15 is 0 Å². The summed E-state index contributed by atoms with van der Waals surface area (Å²) >= 11 is 0. The third-order valence-corrected chi connectivity index (χ3v) is 3.52. The van der Waals surface area contributed by atoms with E-state index in [1.165, 1.54) is 50.5 Å². The van der Waals surface area contributed by atoms with Crippen LogP contribution in [0, 0.1) is 11.8 Å². The van der Waals surface area contributed by atoms with Gasteiger partial charge in [-0.05, 0) is 51.0 Å². The standard InChI is InChI=1S/C13H25N/c1-11(2)4-3-5-12-6-8-13(10-14)9-7-12/h12-13H,1,3-10,14H2,2H3.